The van der Waals surface area contributed by atoms with Gasteiger partial charge in [-0.3, -0.25) is 4.79 Å². The first-order chi connectivity index (χ1) is 12.2. The number of aryl methyl sites for hydroxylation is 1. The Morgan fingerprint density at radius 2 is 1.96 bits per heavy atom. The van der Waals surface area contributed by atoms with Crippen molar-refractivity contribution in [2.24, 2.45) is 0 Å². The number of amides is 1. The molecule has 0 atom stereocenters. The molecule has 1 amide bonds. The van der Waals surface area contributed by atoms with E-state index in [0.29, 0.717) is 5.75 Å². The van der Waals surface area contributed by atoms with Crippen molar-refractivity contribution < 1.29 is 27.5 Å². The average molecular weight is 404 g/mol. The van der Waals surface area contributed by atoms with E-state index in [1.807, 2.05) is 12.3 Å². The number of nitrogens with one attached hydrogen (secondary N) is 1. The van der Waals surface area contributed by atoms with Crippen LogP contribution in [-0.4, -0.2) is 36.2 Å². The lowest BCUT2D eigenvalue weighted by Gasteiger charge is -2.09. The van der Waals surface area contributed by atoms with Crippen LogP contribution in [0.25, 0.3) is 0 Å². The zero-order valence-corrected chi connectivity index (χ0v) is 15.3. The van der Waals surface area contributed by atoms with Gasteiger partial charge in [-0.05, 0) is 31.2 Å². The summed E-state index contributed by atoms with van der Waals surface area (Å²) in [5.41, 5.74) is 1.19. The van der Waals surface area contributed by atoms with Crippen LogP contribution in [0.4, 0.5) is 13.2 Å². The summed E-state index contributed by atoms with van der Waals surface area (Å²) in [6.07, 6.45) is -4.51. The molecule has 2 rings (SSSR count). The smallest absolute Gasteiger partial charge is 0.405 e. The minimum absolute atomic E-state index is 0.211. The van der Waals surface area contributed by atoms with Gasteiger partial charge in [0.1, 0.15) is 6.54 Å². The van der Waals surface area contributed by atoms with Gasteiger partial charge < -0.3 is 10.1 Å². The van der Waals surface area contributed by atoms with E-state index in [1.165, 1.54) is 12.1 Å². The Morgan fingerprint density at radius 3 is 2.54 bits per heavy atom. The van der Waals surface area contributed by atoms with E-state index in [-0.39, 0.29) is 5.56 Å². The van der Waals surface area contributed by atoms with Crippen LogP contribution in [-0.2, 0) is 15.3 Å². The lowest BCUT2D eigenvalue weighted by atomic mass is 10.2. The predicted molar refractivity (Wildman–Crippen MR) is 92.2 cm³/mol. The number of carbonyl (C=O) groups is 2. The molecule has 0 bridgehead atoms. The first-order valence-electron chi connectivity index (χ1n) is 7.37. The second-order valence-corrected chi connectivity index (χ2v) is 7.25. The van der Waals surface area contributed by atoms with Gasteiger partial charge >= 0.3 is 12.1 Å². The second-order valence-electron chi connectivity index (χ2n) is 5.14. The van der Waals surface area contributed by atoms with Crippen molar-refractivity contribution in [1.29, 1.82) is 0 Å². The van der Waals surface area contributed by atoms with Crippen molar-refractivity contribution in [3.8, 4) is 0 Å². The molecular formula is C16H15F3N2O3S2. The van der Waals surface area contributed by atoms with Crippen LogP contribution in [0.5, 0.6) is 0 Å². The highest BCUT2D eigenvalue weighted by Gasteiger charge is 2.27. The van der Waals surface area contributed by atoms with E-state index < -0.39 is 31.2 Å². The Morgan fingerprint density at radius 1 is 1.27 bits per heavy atom. The van der Waals surface area contributed by atoms with E-state index in [9.17, 15) is 22.8 Å². The van der Waals surface area contributed by atoms with Crippen molar-refractivity contribution in [2.75, 3.05) is 13.2 Å². The maximum Gasteiger partial charge on any atom is 0.405 e. The van der Waals surface area contributed by atoms with Crippen LogP contribution in [0.2, 0.25) is 0 Å². The van der Waals surface area contributed by atoms with Gasteiger partial charge in [-0.15, -0.1) is 23.1 Å². The number of ether oxygens (including phenoxy) is 1. The molecule has 0 aliphatic heterocycles. The fourth-order valence-corrected chi connectivity index (χ4v) is 3.29. The van der Waals surface area contributed by atoms with Gasteiger partial charge in [0.15, 0.2) is 6.61 Å². The lowest BCUT2D eigenvalue weighted by molar-refractivity contribution is -0.140. The number of thiazole rings is 1. The number of thioether (sulfide) groups is 1. The summed E-state index contributed by atoms with van der Waals surface area (Å²) >= 11 is 3.13. The maximum atomic E-state index is 12.0. The summed E-state index contributed by atoms with van der Waals surface area (Å²) < 4.78 is 40.6. The Kier molecular flexibility index (Phi) is 7.04. The van der Waals surface area contributed by atoms with Crippen LogP contribution >= 0.6 is 23.1 Å². The fraction of sp³-hybridized carbons (Fsp3) is 0.312. The summed E-state index contributed by atoms with van der Waals surface area (Å²) in [5, 5.41) is 4.61. The molecule has 0 fully saturated rings. The van der Waals surface area contributed by atoms with Gasteiger partial charge in [-0.25, -0.2) is 9.78 Å². The zero-order chi connectivity index (χ0) is 19.2. The number of nitrogens with zero attached hydrogens (tertiary/aromatic N) is 1. The Bertz CT molecular complexity index is 761. The highest BCUT2D eigenvalue weighted by atomic mass is 32.2. The lowest BCUT2D eigenvalue weighted by Crippen LogP contribution is -2.36. The number of hydrogen-bond acceptors (Lipinski definition) is 6. The van der Waals surface area contributed by atoms with E-state index in [4.69, 9.17) is 4.74 Å². The zero-order valence-electron chi connectivity index (χ0n) is 13.6. The topological polar surface area (TPSA) is 68.3 Å². The summed E-state index contributed by atoms with van der Waals surface area (Å²) in [6.45, 7) is -0.301. The molecule has 1 N–H and O–H groups in total. The van der Waals surface area contributed by atoms with Crippen LogP contribution in [0.1, 0.15) is 21.1 Å². The fourth-order valence-electron chi connectivity index (χ4n) is 1.78. The summed E-state index contributed by atoms with van der Waals surface area (Å²) in [4.78, 5) is 28.3. The van der Waals surface area contributed by atoms with Gasteiger partial charge in [0.05, 0.1) is 16.3 Å². The molecule has 0 aliphatic rings. The summed E-state index contributed by atoms with van der Waals surface area (Å²) in [7, 11) is 0. The van der Waals surface area contributed by atoms with Crippen molar-refractivity contribution in [3.63, 3.8) is 0 Å². The van der Waals surface area contributed by atoms with Gasteiger partial charge in [-0.2, -0.15) is 13.2 Å². The molecule has 2 aromatic rings. The number of rotatable bonds is 7. The highest BCUT2D eigenvalue weighted by Crippen LogP contribution is 2.24. The highest BCUT2D eigenvalue weighted by molar-refractivity contribution is 7.98. The number of hydrogen-bond donors (Lipinski definition) is 1. The number of carbonyl (C=O) groups excluding carboxylic acids is 2. The Labute approximate surface area is 156 Å². The number of esters is 1. The second kappa shape index (κ2) is 9.04. The molecule has 1 aromatic carbocycles. The van der Waals surface area contributed by atoms with Crippen molar-refractivity contribution in [3.05, 3.63) is 45.9 Å². The predicted octanol–water partition coefficient (Wildman–Crippen LogP) is 3.58. The third-order valence-corrected chi connectivity index (χ3v) is 4.83. The third kappa shape index (κ3) is 7.04. The largest absolute Gasteiger partial charge is 0.452 e. The summed E-state index contributed by atoms with van der Waals surface area (Å²) in [5.74, 6) is -1.09. The quantitative estimate of drug-likeness (QED) is 0.564. The van der Waals surface area contributed by atoms with Gasteiger partial charge in [-0.1, -0.05) is 0 Å². The molecule has 0 aliphatic carbocycles. The number of halogens is 3. The van der Waals surface area contributed by atoms with E-state index in [2.05, 4.69) is 4.98 Å². The molecule has 0 radical (unpaired) electrons. The molecule has 0 saturated heterocycles. The average Bonchev–Trinajstić information content (AvgIpc) is 3.01. The number of benzene rings is 1. The van der Waals surface area contributed by atoms with Gasteiger partial charge in [0.2, 0.25) is 0 Å². The third-order valence-electron chi connectivity index (χ3n) is 2.96. The van der Waals surface area contributed by atoms with E-state index >= 15 is 0 Å². The molecule has 0 saturated carbocycles. The molecule has 0 spiro atoms. The molecule has 140 valence electrons. The monoisotopic (exact) mass is 404 g/mol. The molecular weight excluding hydrogens is 389 g/mol. The number of aromatic nitrogens is 1. The Hall–Kier alpha value is -2.07. The van der Waals surface area contributed by atoms with E-state index in [0.717, 1.165) is 15.6 Å². The molecule has 0 unspecified atom stereocenters. The van der Waals surface area contributed by atoms with Gasteiger partial charge in [0, 0.05) is 16.0 Å². The first-order valence-corrected chi connectivity index (χ1v) is 9.24. The van der Waals surface area contributed by atoms with Crippen LogP contribution < -0.4 is 5.32 Å². The number of alkyl halides is 3. The standard InChI is InChI=1S/C16H15F3N2O3S2/c1-10-21-12(7-25-10)8-26-13-4-2-11(3-5-13)15(23)24-6-14(22)20-9-16(17,18)19/h2-5,7H,6,8-9H2,1H3,(H,20,22). The Balaban J connectivity index is 1.78. The molecule has 1 aromatic heterocycles. The SMILES string of the molecule is Cc1nc(CSc2ccc(C(=O)OCC(=O)NCC(F)(F)F)cc2)cs1. The van der Waals surface area contributed by atoms with E-state index in [1.54, 1.807) is 40.5 Å². The minimum Gasteiger partial charge on any atom is -0.452 e. The summed E-state index contributed by atoms with van der Waals surface area (Å²) in [6, 6.07) is 6.52. The van der Waals surface area contributed by atoms with Crippen molar-refractivity contribution >= 4 is 35.0 Å². The minimum atomic E-state index is -4.51. The molecule has 26 heavy (non-hydrogen) atoms. The maximum absolute atomic E-state index is 12.0. The normalized spacial score (nSPS) is 11.2. The van der Waals surface area contributed by atoms with Crippen LogP contribution in [0, 0.1) is 6.92 Å². The van der Waals surface area contributed by atoms with Crippen molar-refractivity contribution in [1.82, 2.24) is 10.3 Å². The van der Waals surface area contributed by atoms with Crippen LogP contribution in [0.15, 0.2) is 34.5 Å². The van der Waals surface area contributed by atoms with Crippen LogP contribution in [0.3, 0.4) is 0 Å². The van der Waals surface area contributed by atoms with Crippen molar-refractivity contribution in [2.45, 2.75) is 23.7 Å². The molecule has 10 heteroatoms. The molecule has 5 nitrogen and oxygen atoms in total. The first kappa shape index (κ1) is 20.2. The van der Waals surface area contributed by atoms with Gasteiger partial charge in [0.25, 0.3) is 5.91 Å². The molecule has 1 heterocycles.